The van der Waals surface area contributed by atoms with E-state index < -0.39 is 6.04 Å². The monoisotopic (exact) mass is 333 g/mol. The number of unbranched alkanes of at least 4 members (excludes halogenated alkanes) is 2. The third kappa shape index (κ3) is 9.30. The highest BCUT2D eigenvalue weighted by Crippen LogP contribution is 2.05. The molecule has 1 rings (SSSR count). The zero-order valence-electron chi connectivity index (χ0n) is 14.9. The molecule has 1 atom stereocenters. The molecular formula is C19H31N3O2. The van der Waals surface area contributed by atoms with E-state index in [0.717, 1.165) is 32.4 Å². The summed E-state index contributed by atoms with van der Waals surface area (Å²) < 4.78 is 0. The molecule has 1 unspecified atom stereocenters. The van der Waals surface area contributed by atoms with E-state index in [4.69, 9.17) is 0 Å². The standard InChI is InChI=1S/C19H31N3O2/c1-16(19(24)20-2)22-18(23)13-9-15-21-14-8-4-7-12-17-10-5-3-6-11-17/h3,5-6,10-11,16,21H,4,7-9,12-15H2,1-2H3,(H,20,24)(H,22,23). The molecule has 3 N–H and O–H groups in total. The Labute approximate surface area is 145 Å². The second-order valence-corrected chi connectivity index (χ2v) is 6.05. The smallest absolute Gasteiger partial charge is 0.242 e. The van der Waals surface area contributed by atoms with Crippen molar-refractivity contribution in [3.63, 3.8) is 0 Å². The van der Waals surface area contributed by atoms with Crippen LogP contribution in [0, 0.1) is 0 Å². The Bertz CT molecular complexity index is 477. The lowest BCUT2D eigenvalue weighted by Gasteiger charge is -2.12. The molecule has 0 radical (unpaired) electrons. The number of amides is 2. The molecule has 0 saturated heterocycles. The molecule has 0 aliphatic carbocycles. The number of hydrogen-bond acceptors (Lipinski definition) is 3. The summed E-state index contributed by atoms with van der Waals surface area (Å²) in [5.74, 6) is -0.243. The Balaban J connectivity index is 1.91. The topological polar surface area (TPSA) is 70.2 Å². The lowest BCUT2D eigenvalue weighted by atomic mass is 10.1. The molecule has 0 aliphatic heterocycles. The molecule has 0 heterocycles. The van der Waals surface area contributed by atoms with Crippen LogP contribution >= 0.6 is 0 Å². The molecule has 0 bridgehead atoms. The van der Waals surface area contributed by atoms with Crippen LogP contribution in [0.5, 0.6) is 0 Å². The van der Waals surface area contributed by atoms with Crippen molar-refractivity contribution in [1.82, 2.24) is 16.0 Å². The number of hydrogen-bond donors (Lipinski definition) is 3. The van der Waals surface area contributed by atoms with Crippen molar-refractivity contribution in [2.75, 3.05) is 20.1 Å². The zero-order valence-corrected chi connectivity index (χ0v) is 14.9. The number of rotatable bonds is 12. The van der Waals surface area contributed by atoms with Crippen LogP contribution in [-0.4, -0.2) is 38.0 Å². The van der Waals surface area contributed by atoms with Gasteiger partial charge in [0.25, 0.3) is 0 Å². The minimum Gasteiger partial charge on any atom is -0.357 e. The van der Waals surface area contributed by atoms with Gasteiger partial charge in [0.15, 0.2) is 0 Å². The predicted octanol–water partition coefficient (Wildman–Crippen LogP) is 2.02. The third-order valence-electron chi connectivity index (χ3n) is 3.94. The van der Waals surface area contributed by atoms with Crippen LogP contribution in [-0.2, 0) is 16.0 Å². The van der Waals surface area contributed by atoms with Gasteiger partial charge in [0.1, 0.15) is 6.04 Å². The Morgan fingerprint density at radius 2 is 1.71 bits per heavy atom. The summed E-state index contributed by atoms with van der Waals surface area (Å²) in [6.45, 7) is 3.51. The van der Waals surface area contributed by atoms with Crippen LogP contribution in [0.3, 0.4) is 0 Å². The zero-order chi connectivity index (χ0) is 17.6. The molecule has 0 fully saturated rings. The lowest BCUT2D eigenvalue weighted by Crippen LogP contribution is -2.43. The van der Waals surface area contributed by atoms with E-state index >= 15 is 0 Å². The molecule has 0 saturated carbocycles. The number of benzene rings is 1. The molecule has 0 aliphatic rings. The fraction of sp³-hybridized carbons (Fsp3) is 0.579. The molecule has 5 heteroatoms. The molecular weight excluding hydrogens is 302 g/mol. The first-order valence-electron chi connectivity index (χ1n) is 8.89. The molecule has 1 aromatic carbocycles. The van der Waals surface area contributed by atoms with Gasteiger partial charge in [-0.2, -0.15) is 0 Å². The summed E-state index contributed by atoms with van der Waals surface area (Å²) in [5, 5.41) is 8.57. The summed E-state index contributed by atoms with van der Waals surface area (Å²) in [4.78, 5) is 23.0. The fourth-order valence-electron chi connectivity index (χ4n) is 2.50. The number of likely N-dealkylation sites (N-methyl/N-ethyl adjacent to an activating group) is 1. The average Bonchev–Trinajstić information content (AvgIpc) is 2.60. The Morgan fingerprint density at radius 1 is 1.00 bits per heavy atom. The quantitative estimate of drug-likeness (QED) is 0.513. The van der Waals surface area contributed by atoms with Crippen molar-refractivity contribution >= 4 is 11.8 Å². The first-order valence-corrected chi connectivity index (χ1v) is 8.89. The van der Waals surface area contributed by atoms with Gasteiger partial charge >= 0.3 is 0 Å². The maximum atomic E-state index is 11.7. The van der Waals surface area contributed by atoms with E-state index in [1.807, 2.05) is 6.07 Å². The molecule has 0 spiro atoms. The molecule has 5 nitrogen and oxygen atoms in total. The van der Waals surface area contributed by atoms with Gasteiger partial charge in [-0.15, -0.1) is 0 Å². The molecule has 24 heavy (non-hydrogen) atoms. The fourth-order valence-corrected chi connectivity index (χ4v) is 2.50. The Hall–Kier alpha value is -1.88. The van der Waals surface area contributed by atoms with Gasteiger partial charge in [-0.3, -0.25) is 9.59 Å². The van der Waals surface area contributed by atoms with E-state index in [9.17, 15) is 9.59 Å². The maximum Gasteiger partial charge on any atom is 0.242 e. The summed E-state index contributed by atoms with van der Waals surface area (Å²) in [7, 11) is 1.56. The van der Waals surface area contributed by atoms with E-state index in [1.54, 1.807) is 14.0 Å². The van der Waals surface area contributed by atoms with Crippen molar-refractivity contribution in [1.29, 1.82) is 0 Å². The van der Waals surface area contributed by atoms with Crippen molar-refractivity contribution in [3.05, 3.63) is 35.9 Å². The van der Waals surface area contributed by atoms with Gasteiger partial charge in [0, 0.05) is 13.5 Å². The average molecular weight is 333 g/mol. The number of aryl methyl sites for hydroxylation is 1. The Morgan fingerprint density at radius 3 is 2.42 bits per heavy atom. The van der Waals surface area contributed by atoms with Crippen LogP contribution < -0.4 is 16.0 Å². The summed E-state index contributed by atoms with van der Waals surface area (Å²) in [6, 6.07) is 10.1. The van der Waals surface area contributed by atoms with Gasteiger partial charge < -0.3 is 16.0 Å². The van der Waals surface area contributed by atoms with Gasteiger partial charge in [0.2, 0.25) is 11.8 Å². The second-order valence-electron chi connectivity index (χ2n) is 6.05. The van der Waals surface area contributed by atoms with Crippen molar-refractivity contribution in [3.8, 4) is 0 Å². The van der Waals surface area contributed by atoms with E-state index in [-0.39, 0.29) is 11.8 Å². The first kappa shape index (κ1) is 20.2. The van der Waals surface area contributed by atoms with Crippen LogP contribution in [0.2, 0.25) is 0 Å². The number of carbonyl (C=O) groups is 2. The maximum absolute atomic E-state index is 11.7. The van der Waals surface area contributed by atoms with Gasteiger partial charge in [0.05, 0.1) is 0 Å². The van der Waals surface area contributed by atoms with Crippen molar-refractivity contribution in [2.24, 2.45) is 0 Å². The predicted molar refractivity (Wildman–Crippen MR) is 97.8 cm³/mol. The molecule has 2 amide bonds. The lowest BCUT2D eigenvalue weighted by molar-refractivity contribution is -0.128. The molecule has 0 aromatic heterocycles. The minimum absolute atomic E-state index is 0.0734. The SMILES string of the molecule is CNC(=O)C(C)NC(=O)CCCNCCCCCc1ccccc1. The van der Waals surface area contributed by atoms with E-state index in [1.165, 1.54) is 18.4 Å². The number of carbonyl (C=O) groups excluding carboxylic acids is 2. The molecule has 1 aromatic rings. The second kappa shape index (κ2) is 12.5. The van der Waals surface area contributed by atoms with Crippen LogP contribution in [0.25, 0.3) is 0 Å². The summed E-state index contributed by atoms with van der Waals surface area (Å²) >= 11 is 0. The first-order chi connectivity index (χ1) is 11.6. The van der Waals surface area contributed by atoms with E-state index in [0.29, 0.717) is 6.42 Å². The van der Waals surface area contributed by atoms with Crippen LogP contribution in [0.15, 0.2) is 30.3 Å². The van der Waals surface area contributed by atoms with Crippen molar-refractivity contribution < 1.29 is 9.59 Å². The summed E-state index contributed by atoms with van der Waals surface area (Å²) in [6.07, 6.45) is 5.97. The Kier molecular flexibility index (Phi) is 10.5. The van der Waals surface area contributed by atoms with Gasteiger partial charge in [-0.05, 0) is 51.3 Å². The largest absolute Gasteiger partial charge is 0.357 e. The minimum atomic E-state index is -0.472. The number of nitrogens with one attached hydrogen (secondary N) is 3. The summed E-state index contributed by atoms with van der Waals surface area (Å²) in [5.41, 5.74) is 1.41. The van der Waals surface area contributed by atoms with Gasteiger partial charge in [-0.25, -0.2) is 0 Å². The van der Waals surface area contributed by atoms with Crippen LogP contribution in [0.4, 0.5) is 0 Å². The third-order valence-corrected chi connectivity index (χ3v) is 3.94. The van der Waals surface area contributed by atoms with Crippen LogP contribution in [0.1, 0.15) is 44.6 Å². The highest BCUT2D eigenvalue weighted by molar-refractivity contribution is 5.86. The highest BCUT2D eigenvalue weighted by atomic mass is 16.2. The highest BCUT2D eigenvalue weighted by Gasteiger charge is 2.13. The van der Waals surface area contributed by atoms with E-state index in [2.05, 4.69) is 40.2 Å². The van der Waals surface area contributed by atoms with Gasteiger partial charge in [-0.1, -0.05) is 36.8 Å². The molecule has 134 valence electrons. The normalized spacial score (nSPS) is 11.8. The van der Waals surface area contributed by atoms with Crippen molar-refractivity contribution in [2.45, 2.75) is 51.5 Å².